The molecule has 1 saturated heterocycles. The molecule has 0 radical (unpaired) electrons. The first-order chi connectivity index (χ1) is 16.4. The topological polar surface area (TPSA) is 66.8 Å². The van der Waals surface area contributed by atoms with Gasteiger partial charge in [-0.25, -0.2) is 4.39 Å². The Kier molecular flexibility index (Phi) is 5.65. The second-order valence-electron chi connectivity index (χ2n) is 8.73. The van der Waals surface area contributed by atoms with E-state index in [2.05, 4.69) is 0 Å². The van der Waals surface area contributed by atoms with Crippen molar-refractivity contribution in [1.29, 1.82) is 0 Å². The Morgan fingerprint density at radius 3 is 2.53 bits per heavy atom. The summed E-state index contributed by atoms with van der Waals surface area (Å²) in [5, 5.41) is 11.3. The van der Waals surface area contributed by atoms with Crippen LogP contribution in [0.3, 0.4) is 0 Å². The van der Waals surface area contributed by atoms with E-state index in [9.17, 15) is 19.1 Å². The number of hydrogen-bond donors (Lipinski definition) is 1. The van der Waals surface area contributed by atoms with E-state index in [1.165, 1.54) is 17.0 Å². The summed E-state index contributed by atoms with van der Waals surface area (Å²) in [5.74, 6) is -1.33. The Hall–Kier alpha value is -3.93. The van der Waals surface area contributed by atoms with Crippen LogP contribution in [-0.4, -0.2) is 34.3 Å². The van der Waals surface area contributed by atoms with Gasteiger partial charge in [0, 0.05) is 18.5 Å². The van der Waals surface area contributed by atoms with Crippen LogP contribution in [0.5, 0.6) is 5.75 Å². The van der Waals surface area contributed by atoms with Gasteiger partial charge in [0.05, 0.1) is 11.6 Å². The second-order valence-corrected chi connectivity index (χ2v) is 8.73. The maximum Gasteiger partial charge on any atom is 0.295 e. The fourth-order valence-electron chi connectivity index (χ4n) is 4.72. The number of rotatable bonds is 5. The fraction of sp³-hybridized carbons (Fsp3) is 0.214. The van der Waals surface area contributed by atoms with Gasteiger partial charge in [0.2, 0.25) is 0 Å². The van der Waals surface area contributed by atoms with Gasteiger partial charge in [-0.2, -0.15) is 0 Å². The highest BCUT2D eigenvalue weighted by Gasteiger charge is 2.45. The molecule has 2 heterocycles. The number of carbonyl (C=O) groups excluding carboxylic acids is 2. The highest BCUT2D eigenvalue weighted by atomic mass is 19.1. The summed E-state index contributed by atoms with van der Waals surface area (Å²) in [6, 6.07) is 19.8. The zero-order valence-electron chi connectivity index (χ0n) is 18.7. The Bertz CT molecular complexity index is 1280. The lowest BCUT2D eigenvalue weighted by Gasteiger charge is -2.25. The quantitative estimate of drug-likeness (QED) is 0.339. The van der Waals surface area contributed by atoms with Gasteiger partial charge in [-0.1, -0.05) is 42.5 Å². The first-order valence-electron chi connectivity index (χ1n) is 11.3. The Labute approximate surface area is 197 Å². The summed E-state index contributed by atoms with van der Waals surface area (Å²) in [6.07, 6.45) is 1.28. The summed E-state index contributed by atoms with van der Waals surface area (Å²) < 4.78 is 19.4. The average molecular weight is 458 g/mol. The van der Waals surface area contributed by atoms with Crippen molar-refractivity contribution in [2.75, 3.05) is 6.54 Å². The molecule has 0 unspecified atom stereocenters. The summed E-state index contributed by atoms with van der Waals surface area (Å²) >= 11 is 0. The molecule has 172 valence electrons. The Morgan fingerprint density at radius 1 is 1.06 bits per heavy atom. The summed E-state index contributed by atoms with van der Waals surface area (Å²) in [6.45, 7) is 2.25. The van der Waals surface area contributed by atoms with Gasteiger partial charge in [-0.05, 0) is 60.4 Å². The van der Waals surface area contributed by atoms with Crippen LogP contribution in [0.15, 0.2) is 78.4 Å². The minimum Gasteiger partial charge on any atom is -0.507 e. The van der Waals surface area contributed by atoms with Gasteiger partial charge < -0.3 is 14.7 Å². The van der Waals surface area contributed by atoms with Crippen LogP contribution in [-0.2, 0) is 22.4 Å². The molecule has 5 nitrogen and oxygen atoms in total. The first-order valence-corrected chi connectivity index (χ1v) is 11.3. The molecule has 0 aliphatic carbocycles. The van der Waals surface area contributed by atoms with Gasteiger partial charge >= 0.3 is 0 Å². The van der Waals surface area contributed by atoms with Crippen LogP contribution in [0.1, 0.15) is 35.2 Å². The molecule has 1 fully saturated rings. The van der Waals surface area contributed by atoms with Crippen LogP contribution in [0.2, 0.25) is 0 Å². The number of ketones is 1. The molecule has 0 saturated carbocycles. The van der Waals surface area contributed by atoms with Gasteiger partial charge in [-0.15, -0.1) is 0 Å². The molecule has 2 atom stereocenters. The molecule has 5 rings (SSSR count). The summed E-state index contributed by atoms with van der Waals surface area (Å²) in [4.78, 5) is 27.7. The number of aliphatic hydroxyl groups is 1. The molecule has 34 heavy (non-hydrogen) atoms. The van der Waals surface area contributed by atoms with Crippen LogP contribution >= 0.6 is 0 Å². The molecule has 3 aromatic rings. The van der Waals surface area contributed by atoms with Crippen LogP contribution in [0.25, 0.3) is 5.76 Å². The molecule has 2 aliphatic heterocycles. The monoisotopic (exact) mass is 457 g/mol. The smallest absolute Gasteiger partial charge is 0.295 e. The van der Waals surface area contributed by atoms with Crippen molar-refractivity contribution in [2.24, 2.45) is 0 Å². The van der Waals surface area contributed by atoms with Gasteiger partial charge in [0.15, 0.2) is 0 Å². The molecular weight excluding hydrogens is 433 g/mol. The van der Waals surface area contributed by atoms with Crippen LogP contribution in [0.4, 0.5) is 4.39 Å². The number of carbonyl (C=O) groups is 2. The second kappa shape index (κ2) is 8.78. The molecule has 1 amide bonds. The van der Waals surface area contributed by atoms with Crippen molar-refractivity contribution in [2.45, 2.75) is 31.9 Å². The number of halogens is 1. The third-order valence-electron chi connectivity index (χ3n) is 6.38. The van der Waals surface area contributed by atoms with E-state index in [1.807, 2.05) is 37.3 Å². The van der Waals surface area contributed by atoms with E-state index in [0.717, 1.165) is 16.9 Å². The van der Waals surface area contributed by atoms with Crippen molar-refractivity contribution in [3.63, 3.8) is 0 Å². The lowest BCUT2D eigenvalue weighted by Crippen LogP contribution is -2.31. The maximum absolute atomic E-state index is 13.7. The molecular formula is C28H24FNO4. The van der Waals surface area contributed by atoms with Crippen molar-refractivity contribution < 1.29 is 23.8 Å². The van der Waals surface area contributed by atoms with Crippen LogP contribution in [0, 0.1) is 5.82 Å². The Morgan fingerprint density at radius 2 is 1.79 bits per heavy atom. The standard InChI is InChI=1S/C28H24FNO4/c1-17-15-21-16-20(9-12-23(21)34-17)26(31)24-25(19-7-10-22(29)11-8-19)30(28(33)27(24)32)14-13-18-5-3-2-4-6-18/h2-12,16-17,25,31H,13-15H2,1H3/t17-,25-/m0/s1. The maximum atomic E-state index is 13.7. The normalized spacial score (nSPS) is 20.9. The third kappa shape index (κ3) is 3.96. The number of nitrogens with zero attached hydrogens (tertiary/aromatic N) is 1. The molecule has 1 N–H and O–H groups in total. The predicted molar refractivity (Wildman–Crippen MR) is 126 cm³/mol. The zero-order chi connectivity index (χ0) is 23.8. The highest BCUT2D eigenvalue weighted by molar-refractivity contribution is 6.46. The third-order valence-corrected chi connectivity index (χ3v) is 6.38. The van der Waals surface area contributed by atoms with Crippen molar-refractivity contribution in [3.8, 4) is 5.75 Å². The molecule has 0 spiro atoms. The molecule has 0 bridgehead atoms. The number of Topliss-reactive ketones (excluding diaryl/α,β-unsaturated/α-hetero) is 1. The van der Waals surface area contributed by atoms with Crippen molar-refractivity contribution in [3.05, 3.63) is 106 Å². The SMILES string of the molecule is C[C@H]1Cc2cc(C(O)=C3C(=O)C(=O)N(CCc4ccccc4)[C@H]3c3ccc(F)cc3)ccc2O1. The largest absolute Gasteiger partial charge is 0.507 e. The lowest BCUT2D eigenvalue weighted by molar-refractivity contribution is -0.139. The lowest BCUT2D eigenvalue weighted by atomic mass is 9.94. The summed E-state index contributed by atoms with van der Waals surface area (Å²) in [5.41, 5.74) is 2.98. The molecule has 6 heteroatoms. The highest BCUT2D eigenvalue weighted by Crippen LogP contribution is 2.40. The minimum absolute atomic E-state index is 0.0107. The number of amides is 1. The number of hydrogen-bond acceptors (Lipinski definition) is 4. The fourth-order valence-corrected chi connectivity index (χ4v) is 4.72. The van der Waals surface area contributed by atoms with E-state index in [0.29, 0.717) is 24.0 Å². The first kappa shape index (κ1) is 21.9. The number of aliphatic hydroxyl groups excluding tert-OH is 1. The minimum atomic E-state index is -0.812. The molecule has 2 aliphatic rings. The van der Waals surface area contributed by atoms with E-state index < -0.39 is 23.5 Å². The van der Waals surface area contributed by atoms with Gasteiger partial charge in [-0.3, -0.25) is 9.59 Å². The Balaban J connectivity index is 1.57. The van der Waals surface area contributed by atoms with Gasteiger partial charge in [0.25, 0.3) is 11.7 Å². The van der Waals surface area contributed by atoms with E-state index in [1.54, 1.807) is 30.3 Å². The summed E-state index contributed by atoms with van der Waals surface area (Å²) in [7, 11) is 0. The van der Waals surface area contributed by atoms with E-state index in [-0.39, 0.29) is 24.0 Å². The number of fused-ring (bicyclic) bond motifs is 1. The number of ether oxygens (including phenoxy) is 1. The molecule has 0 aromatic heterocycles. The number of likely N-dealkylation sites (tertiary alicyclic amines) is 1. The van der Waals surface area contributed by atoms with E-state index in [4.69, 9.17) is 4.74 Å². The van der Waals surface area contributed by atoms with Gasteiger partial charge in [0.1, 0.15) is 23.4 Å². The zero-order valence-corrected chi connectivity index (χ0v) is 18.7. The predicted octanol–water partition coefficient (Wildman–Crippen LogP) is 4.81. The van der Waals surface area contributed by atoms with E-state index >= 15 is 0 Å². The number of benzene rings is 3. The van der Waals surface area contributed by atoms with Crippen molar-refractivity contribution >= 4 is 17.4 Å². The molecule has 3 aromatic carbocycles. The van der Waals surface area contributed by atoms with Crippen molar-refractivity contribution in [1.82, 2.24) is 4.90 Å². The van der Waals surface area contributed by atoms with Crippen LogP contribution < -0.4 is 4.74 Å². The average Bonchev–Trinajstić information content (AvgIpc) is 3.34.